The van der Waals surface area contributed by atoms with Crippen molar-refractivity contribution in [1.29, 1.82) is 0 Å². The third-order valence-corrected chi connectivity index (χ3v) is 3.13. The van der Waals surface area contributed by atoms with E-state index in [1.165, 1.54) is 0 Å². The summed E-state index contributed by atoms with van der Waals surface area (Å²) in [7, 11) is 0. The first-order valence-corrected chi connectivity index (χ1v) is 7.02. The second kappa shape index (κ2) is 5.98. The minimum atomic E-state index is 0.194. The van der Waals surface area contributed by atoms with Crippen molar-refractivity contribution in [3.63, 3.8) is 0 Å². The van der Waals surface area contributed by atoms with Gasteiger partial charge < -0.3 is 14.2 Å². The van der Waals surface area contributed by atoms with Gasteiger partial charge in [-0.05, 0) is 37.4 Å². The van der Waals surface area contributed by atoms with Gasteiger partial charge in [-0.25, -0.2) is 0 Å². The first kappa shape index (κ1) is 12.3. The monoisotopic (exact) mass is 251 g/mol. The van der Waals surface area contributed by atoms with Crippen molar-refractivity contribution < 1.29 is 8.83 Å². The Morgan fingerprint density at radius 1 is 1.29 bits per heavy atom. The van der Waals surface area contributed by atoms with Crippen molar-refractivity contribution >= 4 is 11.8 Å². The van der Waals surface area contributed by atoms with E-state index in [0.29, 0.717) is 0 Å². The summed E-state index contributed by atoms with van der Waals surface area (Å²) < 4.78 is 11.0. The van der Waals surface area contributed by atoms with Gasteiger partial charge >= 0.3 is 0 Å². The fourth-order valence-electron chi connectivity index (χ4n) is 1.63. The molecule has 92 valence electrons. The van der Waals surface area contributed by atoms with E-state index < -0.39 is 0 Å². The molecule has 0 bridgehead atoms. The van der Waals surface area contributed by atoms with Crippen LogP contribution in [0.25, 0.3) is 0 Å². The standard InChI is InChI=1S/C13H17NO2S/c1-10(13-4-3-7-15-13)14-8-11-5-6-12(16-11)9-17-2/h3-7,10,14H,8-9H2,1-2H3/t10-/m0/s1. The second-order valence-electron chi connectivity index (χ2n) is 3.92. The molecule has 0 amide bonds. The van der Waals surface area contributed by atoms with Gasteiger partial charge in [0.1, 0.15) is 17.3 Å². The lowest BCUT2D eigenvalue weighted by Crippen LogP contribution is -2.17. The predicted molar refractivity (Wildman–Crippen MR) is 69.9 cm³/mol. The van der Waals surface area contributed by atoms with Crippen LogP contribution in [0.4, 0.5) is 0 Å². The molecule has 17 heavy (non-hydrogen) atoms. The molecule has 1 N–H and O–H groups in total. The van der Waals surface area contributed by atoms with Crippen molar-refractivity contribution in [2.75, 3.05) is 6.26 Å². The summed E-state index contributed by atoms with van der Waals surface area (Å²) in [6, 6.07) is 8.12. The van der Waals surface area contributed by atoms with Crippen molar-refractivity contribution in [1.82, 2.24) is 5.32 Å². The Morgan fingerprint density at radius 2 is 2.12 bits per heavy atom. The van der Waals surface area contributed by atoms with Crippen LogP contribution < -0.4 is 5.32 Å². The number of hydrogen-bond donors (Lipinski definition) is 1. The summed E-state index contributed by atoms with van der Waals surface area (Å²) in [5.74, 6) is 3.86. The van der Waals surface area contributed by atoms with E-state index in [2.05, 4.69) is 18.5 Å². The topological polar surface area (TPSA) is 38.3 Å². The Hall–Kier alpha value is -1.13. The molecule has 0 fully saturated rings. The molecule has 0 radical (unpaired) electrons. The van der Waals surface area contributed by atoms with E-state index in [1.54, 1.807) is 18.0 Å². The van der Waals surface area contributed by atoms with Gasteiger partial charge in [0.05, 0.1) is 24.6 Å². The Bertz CT molecular complexity index is 436. The molecular formula is C13H17NO2S. The van der Waals surface area contributed by atoms with Crippen LogP contribution >= 0.6 is 11.8 Å². The third-order valence-electron chi connectivity index (χ3n) is 2.56. The molecule has 0 unspecified atom stereocenters. The first-order chi connectivity index (χ1) is 8.29. The summed E-state index contributed by atoms with van der Waals surface area (Å²) in [6.45, 7) is 2.79. The van der Waals surface area contributed by atoms with Crippen molar-refractivity contribution in [2.24, 2.45) is 0 Å². The summed E-state index contributed by atoms with van der Waals surface area (Å²) >= 11 is 1.76. The van der Waals surface area contributed by atoms with Gasteiger partial charge in [-0.3, -0.25) is 0 Å². The molecule has 1 atom stereocenters. The van der Waals surface area contributed by atoms with Crippen LogP contribution in [-0.2, 0) is 12.3 Å². The highest BCUT2D eigenvalue weighted by molar-refractivity contribution is 7.97. The van der Waals surface area contributed by atoms with Gasteiger partial charge in [0, 0.05) is 0 Å². The van der Waals surface area contributed by atoms with E-state index in [9.17, 15) is 0 Å². The Labute approximate surface area is 106 Å². The van der Waals surface area contributed by atoms with Crippen molar-refractivity contribution in [3.8, 4) is 0 Å². The Morgan fingerprint density at radius 3 is 2.82 bits per heavy atom. The highest BCUT2D eigenvalue weighted by Gasteiger charge is 2.08. The molecular weight excluding hydrogens is 234 g/mol. The van der Waals surface area contributed by atoms with Crippen LogP contribution in [0.3, 0.4) is 0 Å². The molecule has 0 saturated heterocycles. The lowest BCUT2D eigenvalue weighted by Gasteiger charge is -2.09. The number of thioether (sulfide) groups is 1. The van der Waals surface area contributed by atoms with Gasteiger partial charge in [-0.2, -0.15) is 11.8 Å². The average Bonchev–Trinajstić information content (AvgIpc) is 2.97. The molecule has 4 heteroatoms. The smallest absolute Gasteiger partial charge is 0.120 e. The van der Waals surface area contributed by atoms with Gasteiger partial charge in [0.2, 0.25) is 0 Å². The number of nitrogens with one attached hydrogen (secondary N) is 1. The molecule has 2 aromatic heterocycles. The zero-order valence-electron chi connectivity index (χ0n) is 10.1. The van der Waals surface area contributed by atoms with Gasteiger partial charge in [-0.15, -0.1) is 0 Å². The van der Waals surface area contributed by atoms with E-state index in [4.69, 9.17) is 8.83 Å². The minimum absolute atomic E-state index is 0.194. The van der Waals surface area contributed by atoms with Crippen LogP contribution in [0.1, 0.15) is 30.2 Å². The zero-order valence-corrected chi connectivity index (χ0v) is 10.9. The van der Waals surface area contributed by atoms with Gasteiger partial charge in [-0.1, -0.05) is 0 Å². The predicted octanol–water partition coefficient (Wildman–Crippen LogP) is 3.59. The fraction of sp³-hybridized carbons (Fsp3) is 0.385. The maximum absolute atomic E-state index is 5.68. The SMILES string of the molecule is CSCc1ccc(CN[C@@H](C)c2ccco2)o1. The van der Waals surface area contributed by atoms with Crippen LogP contribution in [0.5, 0.6) is 0 Å². The molecule has 0 aliphatic heterocycles. The summed E-state index contributed by atoms with van der Waals surface area (Å²) in [4.78, 5) is 0. The van der Waals surface area contributed by atoms with E-state index in [1.807, 2.05) is 24.3 Å². The Kier molecular flexibility index (Phi) is 4.34. The minimum Gasteiger partial charge on any atom is -0.468 e. The molecule has 2 aromatic rings. The van der Waals surface area contributed by atoms with E-state index in [0.717, 1.165) is 29.6 Å². The van der Waals surface area contributed by atoms with Gasteiger partial charge in [0.25, 0.3) is 0 Å². The number of hydrogen-bond acceptors (Lipinski definition) is 4. The quantitative estimate of drug-likeness (QED) is 0.851. The second-order valence-corrected chi connectivity index (χ2v) is 4.79. The number of furan rings is 2. The normalized spacial score (nSPS) is 12.8. The summed E-state index contributed by atoms with van der Waals surface area (Å²) in [5.41, 5.74) is 0. The van der Waals surface area contributed by atoms with Crippen LogP contribution in [0.15, 0.2) is 39.4 Å². The van der Waals surface area contributed by atoms with Crippen LogP contribution in [0.2, 0.25) is 0 Å². The third kappa shape index (κ3) is 3.41. The lowest BCUT2D eigenvalue weighted by atomic mass is 10.2. The molecule has 0 aliphatic rings. The average molecular weight is 251 g/mol. The largest absolute Gasteiger partial charge is 0.468 e. The molecule has 2 heterocycles. The molecule has 0 saturated carbocycles. The van der Waals surface area contributed by atoms with Crippen LogP contribution in [0, 0.1) is 0 Å². The van der Waals surface area contributed by atoms with Crippen LogP contribution in [-0.4, -0.2) is 6.26 Å². The maximum atomic E-state index is 5.68. The first-order valence-electron chi connectivity index (χ1n) is 5.63. The van der Waals surface area contributed by atoms with E-state index in [-0.39, 0.29) is 6.04 Å². The Balaban J connectivity index is 1.84. The van der Waals surface area contributed by atoms with Crippen molar-refractivity contribution in [3.05, 3.63) is 47.8 Å². The molecule has 0 spiro atoms. The maximum Gasteiger partial charge on any atom is 0.120 e. The fourth-order valence-corrected chi connectivity index (χ4v) is 2.07. The highest BCUT2D eigenvalue weighted by atomic mass is 32.2. The van der Waals surface area contributed by atoms with Crippen molar-refractivity contribution in [2.45, 2.75) is 25.3 Å². The molecule has 2 rings (SSSR count). The molecule has 0 aliphatic carbocycles. The summed E-state index contributed by atoms with van der Waals surface area (Å²) in [5, 5.41) is 3.36. The highest BCUT2D eigenvalue weighted by Crippen LogP contribution is 2.16. The van der Waals surface area contributed by atoms with Gasteiger partial charge in [0.15, 0.2) is 0 Å². The summed E-state index contributed by atoms with van der Waals surface area (Å²) in [6.07, 6.45) is 3.76. The molecule has 0 aromatic carbocycles. The van der Waals surface area contributed by atoms with E-state index >= 15 is 0 Å². The molecule has 3 nitrogen and oxygen atoms in total. The zero-order chi connectivity index (χ0) is 12.1. The number of rotatable bonds is 6. The lowest BCUT2D eigenvalue weighted by molar-refractivity contribution is 0.401.